The highest BCUT2D eigenvalue weighted by Gasteiger charge is 2.24. The van der Waals surface area contributed by atoms with E-state index in [1.165, 1.54) is 6.20 Å². The van der Waals surface area contributed by atoms with Crippen LogP contribution in [-0.4, -0.2) is 17.4 Å². The fourth-order valence-electron chi connectivity index (χ4n) is 2.73. The number of hydrogen-bond donors (Lipinski definition) is 1. The molecule has 0 spiro atoms. The molecule has 2 aromatic rings. The quantitative estimate of drug-likeness (QED) is 0.697. The van der Waals surface area contributed by atoms with Crippen LogP contribution >= 0.6 is 0 Å². The zero-order valence-corrected chi connectivity index (χ0v) is 13.5. The molecule has 1 aliphatic heterocycles. The predicted octanol–water partition coefficient (Wildman–Crippen LogP) is 3.19. The third kappa shape index (κ3) is 3.28. The third-order valence-electron chi connectivity index (χ3n) is 3.98. The van der Waals surface area contributed by atoms with E-state index in [1.807, 2.05) is 49.4 Å². The number of carbonyl (C=O) groups is 1. The van der Waals surface area contributed by atoms with Gasteiger partial charge in [0.2, 0.25) is 0 Å². The van der Waals surface area contributed by atoms with Gasteiger partial charge in [0, 0.05) is 24.6 Å². The number of nitrogens with one attached hydrogen (secondary N) is 1. The Kier molecular flexibility index (Phi) is 4.57. The first-order valence-electron chi connectivity index (χ1n) is 7.88. The van der Waals surface area contributed by atoms with Crippen molar-refractivity contribution in [3.8, 4) is 6.07 Å². The van der Waals surface area contributed by atoms with E-state index in [0.717, 1.165) is 29.7 Å². The van der Waals surface area contributed by atoms with Gasteiger partial charge in [-0.25, -0.2) is 4.98 Å². The molecule has 0 saturated carbocycles. The maximum atomic E-state index is 12.7. The van der Waals surface area contributed by atoms with Gasteiger partial charge in [0.1, 0.15) is 17.5 Å². The molecule has 0 radical (unpaired) electrons. The number of fused-ring (bicyclic) bond motifs is 1. The summed E-state index contributed by atoms with van der Waals surface area (Å²) >= 11 is 0. The van der Waals surface area contributed by atoms with Crippen LogP contribution in [-0.2, 0) is 11.2 Å². The van der Waals surface area contributed by atoms with Crippen molar-refractivity contribution in [2.45, 2.75) is 19.8 Å². The summed E-state index contributed by atoms with van der Waals surface area (Å²) in [7, 11) is 0. The molecule has 3 rings (SSSR count). The number of benzene rings is 1. The Morgan fingerprint density at radius 1 is 1.33 bits per heavy atom. The highest BCUT2D eigenvalue weighted by Crippen LogP contribution is 2.27. The standard InChI is InChI=1S/C19H18N4O/c1-14-8-9-18(21-12-14)22-13-16(11-20)19(24)23-10-4-6-15-5-2-3-7-17(15)23/h2-3,5,7-9,12-13H,4,6,10H2,1H3,(H,21,22)/b16-13-. The number of amides is 1. The Hall–Kier alpha value is -3.13. The molecule has 1 aliphatic rings. The molecule has 1 aromatic carbocycles. The van der Waals surface area contributed by atoms with Crippen molar-refractivity contribution in [2.24, 2.45) is 0 Å². The number of aromatic nitrogens is 1. The van der Waals surface area contributed by atoms with Crippen molar-refractivity contribution in [2.75, 3.05) is 16.8 Å². The summed E-state index contributed by atoms with van der Waals surface area (Å²) in [6, 6.07) is 13.5. The molecule has 1 N–H and O–H groups in total. The maximum absolute atomic E-state index is 12.7. The zero-order valence-electron chi connectivity index (χ0n) is 13.5. The van der Waals surface area contributed by atoms with Crippen LogP contribution < -0.4 is 10.2 Å². The van der Waals surface area contributed by atoms with Gasteiger partial charge in [-0.05, 0) is 43.0 Å². The molecular weight excluding hydrogens is 300 g/mol. The van der Waals surface area contributed by atoms with Crippen molar-refractivity contribution in [1.29, 1.82) is 5.26 Å². The van der Waals surface area contributed by atoms with Crippen molar-refractivity contribution in [3.05, 3.63) is 65.5 Å². The summed E-state index contributed by atoms with van der Waals surface area (Å²) in [6.45, 7) is 2.57. The molecule has 120 valence electrons. The fourth-order valence-corrected chi connectivity index (χ4v) is 2.73. The Labute approximate surface area is 141 Å². The van der Waals surface area contributed by atoms with Crippen LogP contribution in [0.25, 0.3) is 0 Å². The van der Waals surface area contributed by atoms with Gasteiger partial charge >= 0.3 is 0 Å². The normalized spacial score (nSPS) is 13.8. The van der Waals surface area contributed by atoms with Gasteiger partial charge in [-0.1, -0.05) is 24.3 Å². The number of carbonyl (C=O) groups excluding carboxylic acids is 1. The number of anilines is 2. The Morgan fingerprint density at radius 3 is 2.92 bits per heavy atom. The Balaban J connectivity index is 1.81. The minimum atomic E-state index is -0.288. The van der Waals surface area contributed by atoms with E-state index in [2.05, 4.69) is 10.3 Å². The first-order chi connectivity index (χ1) is 11.7. The first-order valence-corrected chi connectivity index (χ1v) is 7.88. The second kappa shape index (κ2) is 6.97. The van der Waals surface area contributed by atoms with Crippen molar-refractivity contribution < 1.29 is 4.79 Å². The van der Waals surface area contributed by atoms with Crippen LogP contribution in [0.2, 0.25) is 0 Å². The molecule has 0 saturated heterocycles. The van der Waals surface area contributed by atoms with E-state index < -0.39 is 0 Å². The van der Waals surface area contributed by atoms with E-state index in [9.17, 15) is 10.1 Å². The highest BCUT2D eigenvalue weighted by molar-refractivity contribution is 6.09. The minimum Gasteiger partial charge on any atom is -0.345 e. The van der Waals surface area contributed by atoms with Gasteiger partial charge in [-0.15, -0.1) is 0 Å². The smallest absolute Gasteiger partial charge is 0.270 e. The fraction of sp³-hybridized carbons (Fsp3) is 0.211. The van der Waals surface area contributed by atoms with Gasteiger partial charge < -0.3 is 10.2 Å². The van der Waals surface area contributed by atoms with Crippen LogP contribution in [0.3, 0.4) is 0 Å². The van der Waals surface area contributed by atoms with Crippen molar-refractivity contribution in [1.82, 2.24) is 4.98 Å². The van der Waals surface area contributed by atoms with Crippen LogP contribution in [0.4, 0.5) is 11.5 Å². The van der Waals surface area contributed by atoms with Gasteiger partial charge in [-0.2, -0.15) is 5.26 Å². The molecule has 0 atom stereocenters. The summed E-state index contributed by atoms with van der Waals surface area (Å²) in [6.07, 6.45) is 5.01. The number of rotatable bonds is 3. The number of para-hydroxylation sites is 1. The van der Waals surface area contributed by atoms with Crippen LogP contribution in [0.1, 0.15) is 17.5 Å². The molecule has 0 fully saturated rings. The van der Waals surface area contributed by atoms with E-state index in [-0.39, 0.29) is 11.5 Å². The Morgan fingerprint density at radius 2 is 2.17 bits per heavy atom. The lowest BCUT2D eigenvalue weighted by atomic mass is 10.0. The minimum absolute atomic E-state index is 0.0640. The van der Waals surface area contributed by atoms with Gasteiger partial charge in [0.05, 0.1) is 0 Å². The van der Waals surface area contributed by atoms with Gasteiger partial charge in [0.15, 0.2) is 0 Å². The lowest BCUT2D eigenvalue weighted by molar-refractivity contribution is -0.114. The first kappa shape index (κ1) is 15.8. The summed E-state index contributed by atoms with van der Waals surface area (Å²) < 4.78 is 0. The average molecular weight is 318 g/mol. The Bertz CT molecular complexity index is 818. The SMILES string of the molecule is Cc1ccc(N/C=C(/C#N)C(=O)N2CCCc3ccccc32)nc1. The highest BCUT2D eigenvalue weighted by atomic mass is 16.2. The largest absolute Gasteiger partial charge is 0.345 e. The number of pyridine rings is 1. The van der Waals surface area contributed by atoms with E-state index >= 15 is 0 Å². The number of aryl methyl sites for hydroxylation is 2. The van der Waals surface area contributed by atoms with Crippen LogP contribution in [0.15, 0.2) is 54.4 Å². The number of hydrogen-bond acceptors (Lipinski definition) is 4. The molecule has 5 heteroatoms. The molecule has 2 heterocycles. The van der Waals surface area contributed by atoms with Crippen LogP contribution in [0.5, 0.6) is 0 Å². The molecule has 1 aromatic heterocycles. The molecule has 0 unspecified atom stereocenters. The number of nitrogens with zero attached hydrogens (tertiary/aromatic N) is 3. The third-order valence-corrected chi connectivity index (χ3v) is 3.98. The van der Waals surface area contributed by atoms with Gasteiger partial charge in [0.25, 0.3) is 5.91 Å². The average Bonchev–Trinajstić information content (AvgIpc) is 2.63. The molecule has 0 bridgehead atoms. The topological polar surface area (TPSA) is 69.0 Å². The lowest BCUT2D eigenvalue weighted by Gasteiger charge is -2.29. The second-order valence-electron chi connectivity index (χ2n) is 5.72. The zero-order chi connectivity index (χ0) is 16.9. The number of nitriles is 1. The summed E-state index contributed by atoms with van der Waals surface area (Å²) in [5.41, 5.74) is 3.14. The van der Waals surface area contributed by atoms with E-state index in [4.69, 9.17) is 0 Å². The summed E-state index contributed by atoms with van der Waals surface area (Å²) in [5.74, 6) is 0.310. The van der Waals surface area contributed by atoms with E-state index in [1.54, 1.807) is 11.1 Å². The van der Waals surface area contributed by atoms with Gasteiger partial charge in [-0.3, -0.25) is 4.79 Å². The molecule has 0 aliphatic carbocycles. The molecule has 1 amide bonds. The van der Waals surface area contributed by atoms with Crippen LogP contribution in [0, 0.1) is 18.3 Å². The predicted molar refractivity (Wildman–Crippen MR) is 93.4 cm³/mol. The monoisotopic (exact) mass is 318 g/mol. The molecular formula is C19H18N4O. The van der Waals surface area contributed by atoms with Crippen molar-refractivity contribution in [3.63, 3.8) is 0 Å². The summed E-state index contributed by atoms with van der Waals surface area (Å²) in [5, 5.41) is 12.3. The molecule has 24 heavy (non-hydrogen) atoms. The maximum Gasteiger partial charge on any atom is 0.270 e. The second-order valence-corrected chi connectivity index (χ2v) is 5.72. The molecule has 5 nitrogen and oxygen atoms in total. The lowest BCUT2D eigenvalue weighted by Crippen LogP contribution is -2.36. The van der Waals surface area contributed by atoms with Crippen molar-refractivity contribution >= 4 is 17.4 Å². The summed E-state index contributed by atoms with van der Waals surface area (Å²) in [4.78, 5) is 18.6. The van der Waals surface area contributed by atoms with E-state index in [0.29, 0.717) is 12.4 Å².